The van der Waals surface area contributed by atoms with E-state index in [0.717, 1.165) is 5.69 Å². The number of hydrogen-bond donors (Lipinski definition) is 2. The van der Waals surface area contributed by atoms with Crippen LogP contribution >= 0.6 is 11.6 Å². The number of benzene rings is 1. The number of pyridine rings is 1. The lowest BCUT2D eigenvalue weighted by atomic mass is 10.2. The predicted octanol–water partition coefficient (Wildman–Crippen LogP) is 2.01. The second-order valence-corrected chi connectivity index (χ2v) is 6.68. The van der Waals surface area contributed by atoms with Gasteiger partial charge in [0.25, 0.3) is 0 Å². The molecule has 0 aliphatic rings. The first-order valence-corrected chi connectivity index (χ1v) is 8.10. The van der Waals surface area contributed by atoms with E-state index < -0.39 is 10.0 Å². The lowest BCUT2D eigenvalue weighted by molar-refractivity contribution is 0.282. The summed E-state index contributed by atoms with van der Waals surface area (Å²) in [7, 11) is -3.67. The molecule has 0 amide bonds. The molecular weight excluding hydrogens is 312 g/mol. The minimum atomic E-state index is -3.67. The van der Waals surface area contributed by atoms with Gasteiger partial charge in [0.15, 0.2) is 0 Å². The quantitative estimate of drug-likeness (QED) is 0.881. The first kappa shape index (κ1) is 15.9. The summed E-state index contributed by atoms with van der Waals surface area (Å²) in [6.07, 6.45) is 0. The van der Waals surface area contributed by atoms with Gasteiger partial charge in [-0.3, -0.25) is 4.98 Å². The van der Waals surface area contributed by atoms with Crippen molar-refractivity contribution in [2.75, 3.05) is 0 Å². The van der Waals surface area contributed by atoms with Crippen molar-refractivity contribution in [2.24, 2.45) is 0 Å². The molecule has 0 saturated heterocycles. The molecule has 0 bridgehead atoms. The van der Waals surface area contributed by atoms with Gasteiger partial charge >= 0.3 is 0 Å². The second kappa shape index (κ2) is 6.53. The van der Waals surface area contributed by atoms with E-state index in [2.05, 4.69) is 9.71 Å². The minimum absolute atomic E-state index is 0.0531. The Morgan fingerprint density at radius 3 is 2.67 bits per heavy atom. The van der Waals surface area contributed by atoms with E-state index in [4.69, 9.17) is 16.7 Å². The number of halogens is 1. The van der Waals surface area contributed by atoms with Crippen LogP contribution < -0.4 is 4.72 Å². The Labute approximate surface area is 128 Å². The number of hydrogen-bond acceptors (Lipinski definition) is 4. The number of aromatic nitrogens is 1. The van der Waals surface area contributed by atoms with Gasteiger partial charge in [-0.25, -0.2) is 13.1 Å². The van der Waals surface area contributed by atoms with Gasteiger partial charge in [0.2, 0.25) is 10.0 Å². The lowest BCUT2D eigenvalue weighted by Gasteiger charge is -2.08. The summed E-state index contributed by atoms with van der Waals surface area (Å²) in [5, 5.41) is 9.25. The van der Waals surface area contributed by atoms with Crippen molar-refractivity contribution in [3.8, 4) is 0 Å². The molecule has 0 saturated carbocycles. The molecule has 1 aromatic heterocycles. The van der Waals surface area contributed by atoms with Crippen molar-refractivity contribution in [2.45, 2.75) is 25.0 Å². The van der Waals surface area contributed by atoms with Crippen LogP contribution in [0.4, 0.5) is 0 Å². The van der Waals surface area contributed by atoms with Crippen LogP contribution in [0.3, 0.4) is 0 Å². The van der Waals surface area contributed by atoms with E-state index in [0.29, 0.717) is 11.3 Å². The molecule has 0 aliphatic carbocycles. The molecule has 112 valence electrons. The van der Waals surface area contributed by atoms with Crippen LogP contribution in [0.15, 0.2) is 41.3 Å². The van der Waals surface area contributed by atoms with Gasteiger partial charge in [-0.2, -0.15) is 0 Å². The molecule has 7 heteroatoms. The zero-order chi connectivity index (χ0) is 15.5. The van der Waals surface area contributed by atoms with E-state index in [1.54, 1.807) is 6.07 Å². The zero-order valence-corrected chi connectivity index (χ0v) is 12.9. The summed E-state index contributed by atoms with van der Waals surface area (Å²) in [4.78, 5) is 4.28. The number of nitrogens with one attached hydrogen (secondary N) is 1. The summed E-state index contributed by atoms with van der Waals surface area (Å²) in [5.41, 5.74) is 1.94. The molecule has 1 heterocycles. The first-order chi connectivity index (χ1) is 9.92. The van der Waals surface area contributed by atoms with E-state index in [1.165, 1.54) is 18.2 Å². The first-order valence-electron chi connectivity index (χ1n) is 6.24. The summed E-state index contributed by atoms with van der Waals surface area (Å²) >= 11 is 5.91. The predicted molar refractivity (Wildman–Crippen MR) is 80.4 cm³/mol. The summed E-state index contributed by atoms with van der Waals surface area (Å²) in [6, 6.07) is 9.62. The van der Waals surface area contributed by atoms with Crippen molar-refractivity contribution in [3.63, 3.8) is 0 Å². The summed E-state index contributed by atoms with van der Waals surface area (Å²) in [6.45, 7) is 1.70. The summed E-state index contributed by atoms with van der Waals surface area (Å²) < 4.78 is 26.8. The Hall–Kier alpha value is -1.47. The SMILES string of the molecule is Cc1cccc(CNS(=O)(=O)c2ccc(CO)c(Cl)c2)n1. The lowest BCUT2D eigenvalue weighted by Crippen LogP contribution is -2.23. The van der Waals surface area contributed by atoms with E-state index in [1.807, 2.05) is 19.1 Å². The van der Waals surface area contributed by atoms with Crippen molar-refractivity contribution in [1.29, 1.82) is 0 Å². The molecule has 2 aromatic rings. The molecule has 0 spiro atoms. The van der Waals surface area contributed by atoms with Gasteiger partial charge in [0.1, 0.15) is 0 Å². The molecule has 2 N–H and O–H groups in total. The zero-order valence-electron chi connectivity index (χ0n) is 11.4. The second-order valence-electron chi connectivity index (χ2n) is 4.51. The Balaban J connectivity index is 2.17. The van der Waals surface area contributed by atoms with Crippen LogP contribution in [-0.4, -0.2) is 18.5 Å². The van der Waals surface area contributed by atoms with E-state index >= 15 is 0 Å². The number of aliphatic hydroxyl groups is 1. The monoisotopic (exact) mass is 326 g/mol. The molecular formula is C14H15ClN2O3S. The van der Waals surface area contributed by atoms with Gasteiger partial charge in [-0.05, 0) is 36.8 Å². The molecule has 0 radical (unpaired) electrons. The molecule has 0 atom stereocenters. The van der Waals surface area contributed by atoms with Gasteiger partial charge in [0, 0.05) is 10.7 Å². The number of rotatable bonds is 5. The molecule has 2 rings (SSSR count). The fraction of sp³-hybridized carbons (Fsp3) is 0.214. The van der Waals surface area contributed by atoms with E-state index in [9.17, 15) is 8.42 Å². The molecule has 0 fully saturated rings. The van der Waals surface area contributed by atoms with Gasteiger partial charge < -0.3 is 5.11 Å². The van der Waals surface area contributed by atoms with Crippen molar-refractivity contribution in [3.05, 3.63) is 58.4 Å². The van der Waals surface area contributed by atoms with Crippen LogP contribution in [0.2, 0.25) is 5.02 Å². The van der Waals surface area contributed by atoms with Gasteiger partial charge in [-0.15, -0.1) is 0 Å². The molecule has 0 unspecified atom stereocenters. The Morgan fingerprint density at radius 2 is 2.05 bits per heavy atom. The standard InChI is InChI=1S/C14H15ClN2O3S/c1-10-3-2-4-12(17-10)8-16-21(19,20)13-6-5-11(9-18)14(15)7-13/h2-7,16,18H,8-9H2,1H3. The molecule has 21 heavy (non-hydrogen) atoms. The third-order valence-corrected chi connectivity index (χ3v) is 4.65. The van der Waals surface area contributed by atoms with Crippen LogP contribution in [0.5, 0.6) is 0 Å². The molecule has 1 aromatic carbocycles. The number of aryl methyl sites for hydroxylation is 1. The topological polar surface area (TPSA) is 79.3 Å². The highest BCUT2D eigenvalue weighted by molar-refractivity contribution is 7.89. The van der Waals surface area contributed by atoms with Crippen molar-refractivity contribution in [1.82, 2.24) is 9.71 Å². The van der Waals surface area contributed by atoms with Gasteiger partial charge in [-0.1, -0.05) is 23.7 Å². The number of nitrogens with zero attached hydrogens (tertiary/aromatic N) is 1. The normalized spacial score (nSPS) is 11.6. The largest absolute Gasteiger partial charge is 0.392 e. The molecule has 5 nitrogen and oxygen atoms in total. The average molecular weight is 327 g/mol. The highest BCUT2D eigenvalue weighted by atomic mass is 35.5. The highest BCUT2D eigenvalue weighted by Crippen LogP contribution is 2.20. The Bertz CT molecular complexity index is 748. The third-order valence-electron chi connectivity index (χ3n) is 2.89. The maximum absolute atomic E-state index is 12.2. The van der Waals surface area contributed by atoms with Crippen LogP contribution in [0.1, 0.15) is 17.0 Å². The van der Waals surface area contributed by atoms with Crippen LogP contribution in [0.25, 0.3) is 0 Å². The molecule has 0 aliphatic heterocycles. The number of sulfonamides is 1. The average Bonchev–Trinajstić information content (AvgIpc) is 2.45. The van der Waals surface area contributed by atoms with Crippen molar-refractivity contribution >= 4 is 21.6 Å². The smallest absolute Gasteiger partial charge is 0.240 e. The Morgan fingerprint density at radius 1 is 1.29 bits per heavy atom. The highest BCUT2D eigenvalue weighted by Gasteiger charge is 2.15. The van der Waals surface area contributed by atoms with E-state index in [-0.39, 0.29) is 23.1 Å². The Kier molecular flexibility index (Phi) is 4.95. The maximum atomic E-state index is 12.2. The fourth-order valence-electron chi connectivity index (χ4n) is 1.77. The van der Waals surface area contributed by atoms with Crippen LogP contribution in [0, 0.1) is 6.92 Å². The fourth-order valence-corrected chi connectivity index (χ4v) is 3.10. The minimum Gasteiger partial charge on any atom is -0.392 e. The maximum Gasteiger partial charge on any atom is 0.240 e. The van der Waals surface area contributed by atoms with Crippen LogP contribution in [-0.2, 0) is 23.2 Å². The summed E-state index contributed by atoms with van der Waals surface area (Å²) in [5.74, 6) is 0. The van der Waals surface area contributed by atoms with Crippen molar-refractivity contribution < 1.29 is 13.5 Å². The number of aliphatic hydroxyl groups excluding tert-OH is 1. The third kappa shape index (κ3) is 4.01. The van der Waals surface area contributed by atoms with Gasteiger partial charge in [0.05, 0.1) is 23.7 Å².